The van der Waals surface area contributed by atoms with Gasteiger partial charge in [-0.3, -0.25) is 19.5 Å². The standard InChI is InChI=1S/C28H31F4N5O3/c1-26(2)12-20(38)37(25(33)36-26)22(14-6-5-9-34-13-14)15-10-16(15)24(39)35-19-11-27(3,4)40-23-17(28(30,31)32)7-8-18(29)21(19)23/h5-9,13,15-16,19,22H,10-12H2,1-4H3,(H2,33,36)(H,35,39)/t15-,16-,19?,22-/m1/s1. The molecule has 3 heterocycles. The number of benzene rings is 1. The Morgan fingerprint density at radius 1 is 1.23 bits per heavy atom. The molecule has 4 atom stereocenters. The first-order valence-electron chi connectivity index (χ1n) is 13.0. The Morgan fingerprint density at radius 3 is 2.58 bits per heavy atom. The fraction of sp³-hybridized carbons (Fsp3) is 0.500. The highest BCUT2D eigenvalue weighted by Gasteiger charge is 2.54. The minimum atomic E-state index is -4.77. The number of carbonyl (C=O) groups is 2. The van der Waals surface area contributed by atoms with Gasteiger partial charge in [0.1, 0.15) is 17.2 Å². The van der Waals surface area contributed by atoms with E-state index in [0.717, 1.165) is 6.07 Å². The fourth-order valence-corrected chi connectivity index (χ4v) is 5.83. The largest absolute Gasteiger partial charge is 0.487 e. The molecular formula is C28H31F4N5O3. The predicted octanol–water partition coefficient (Wildman–Crippen LogP) is 4.66. The van der Waals surface area contributed by atoms with Crippen molar-refractivity contribution in [1.29, 1.82) is 0 Å². The second-order valence-electron chi connectivity index (χ2n) is 11.9. The first-order chi connectivity index (χ1) is 18.6. The number of hydrogen-bond acceptors (Lipinski definition) is 6. The normalized spacial score (nSPS) is 25.8. The van der Waals surface area contributed by atoms with Crippen LogP contribution in [0.25, 0.3) is 0 Å². The number of nitrogens with one attached hydrogen (secondary N) is 1. The number of pyridine rings is 1. The SMILES string of the molecule is CC1(C)CC(=O)N([C@H](c2cccnc2)[C@@H]2C[C@H]2C(=O)NC2CC(C)(C)Oc3c(C(F)(F)F)ccc(F)c32)C(N)=N1. The number of amides is 2. The number of halogens is 4. The maximum atomic E-state index is 14.9. The highest BCUT2D eigenvalue weighted by atomic mass is 19.4. The number of aromatic nitrogens is 1. The number of guanidine groups is 1. The Balaban J connectivity index is 1.44. The van der Waals surface area contributed by atoms with E-state index in [-0.39, 0.29) is 36.2 Å². The molecule has 1 aromatic carbocycles. The number of carbonyl (C=O) groups excluding carboxylic acids is 2. The van der Waals surface area contributed by atoms with Crippen LogP contribution < -0.4 is 15.8 Å². The van der Waals surface area contributed by atoms with Crippen molar-refractivity contribution in [2.75, 3.05) is 0 Å². The average molecular weight is 562 g/mol. The second kappa shape index (κ2) is 9.45. The highest BCUT2D eigenvalue weighted by molar-refractivity contribution is 5.99. The summed E-state index contributed by atoms with van der Waals surface area (Å²) in [6.07, 6.45) is -1.00. The van der Waals surface area contributed by atoms with Crippen LogP contribution in [-0.4, -0.2) is 38.8 Å². The van der Waals surface area contributed by atoms with Crippen molar-refractivity contribution in [3.63, 3.8) is 0 Å². The van der Waals surface area contributed by atoms with Gasteiger partial charge in [0.2, 0.25) is 11.8 Å². The van der Waals surface area contributed by atoms with Gasteiger partial charge in [0, 0.05) is 24.7 Å². The third-order valence-corrected chi connectivity index (χ3v) is 7.59. The molecule has 2 aromatic rings. The number of aliphatic imine (C=N–C) groups is 1. The quantitative estimate of drug-likeness (QED) is 0.516. The van der Waals surface area contributed by atoms with E-state index in [9.17, 15) is 27.2 Å². The van der Waals surface area contributed by atoms with Gasteiger partial charge in [-0.2, -0.15) is 13.2 Å². The summed E-state index contributed by atoms with van der Waals surface area (Å²) in [7, 11) is 0. The van der Waals surface area contributed by atoms with E-state index in [4.69, 9.17) is 10.5 Å². The lowest BCUT2D eigenvalue weighted by Gasteiger charge is -2.39. The number of rotatable bonds is 5. The first-order valence-corrected chi connectivity index (χ1v) is 13.0. The molecule has 0 spiro atoms. The summed E-state index contributed by atoms with van der Waals surface area (Å²) in [5.74, 6) is -3.10. The minimum absolute atomic E-state index is 0.0445. The van der Waals surface area contributed by atoms with Crippen molar-refractivity contribution >= 4 is 17.8 Å². The summed E-state index contributed by atoms with van der Waals surface area (Å²) >= 11 is 0. The molecule has 1 aromatic heterocycles. The molecule has 5 rings (SSSR count). The molecule has 1 saturated carbocycles. The van der Waals surface area contributed by atoms with Crippen LogP contribution in [0.3, 0.4) is 0 Å². The van der Waals surface area contributed by atoms with Crippen LogP contribution in [0.15, 0.2) is 41.7 Å². The maximum absolute atomic E-state index is 14.9. The lowest BCUT2D eigenvalue weighted by atomic mass is 9.87. The molecule has 40 heavy (non-hydrogen) atoms. The van der Waals surface area contributed by atoms with Crippen molar-refractivity contribution in [2.24, 2.45) is 22.6 Å². The fourth-order valence-electron chi connectivity index (χ4n) is 5.83. The molecule has 214 valence electrons. The molecule has 3 aliphatic rings. The van der Waals surface area contributed by atoms with Gasteiger partial charge < -0.3 is 15.8 Å². The molecule has 12 heteroatoms. The average Bonchev–Trinajstić information content (AvgIpc) is 3.60. The molecule has 0 radical (unpaired) electrons. The summed E-state index contributed by atoms with van der Waals surface area (Å²) in [6.45, 7) is 6.78. The van der Waals surface area contributed by atoms with Gasteiger partial charge in [0.05, 0.1) is 35.2 Å². The molecule has 2 amide bonds. The molecule has 0 saturated heterocycles. The van der Waals surface area contributed by atoms with Gasteiger partial charge >= 0.3 is 6.18 Å². The van der Waals surface area contributed by atoms with Crippen molar-refractivity contribution < 1.29 is 31.9 Å². The van der Waals surface area contributed by atoms with E-state index in [2.05, 4.69) is 15.3 Å². The number of hydrogen-bond donors (Lipinski definition) is 2. The van der Waals surface area contributed by atoms with Crippen LogP contribution in [0.5, 0.6) is 5.75 Å². The number of nitrogens with two attached hydrogens (primary N) is 1. The number of nitrogens with zero attached hydrogens (tertiary/aromatic N) is 3. The lowest BCUT2D eigenvalue weighted by Crippen LogP contribution is -2.52. The first kappa shape index (κ1) is 27.9. The van der Waals surface area contributed by atoms with E-state index >= 15 is 0 Å². The zero-order valence-electron chi connectivity index (χ0n) is 22.6. The molecule has 1 fully saturated rings. The van der Waals surface area contributed by atoms with Crippen LogP contribution >= 0.6 is 0 Å². The Morgan fingerprint density at radius 2 is 1.95 bits per heavy atom. The van der Waals surface area contributed by atoms with E-state index in [1.165, 1.54) is 4.90 Å². The molecular weight excluding hydrogens is 530 g/mol. The lowest BCUT2D eigenvalue weighted by molar-refractivity contribution is -0.140. The second-order valence-corrected chi connectivity index (χ2v) is 11.9. The highest BCUT2D eigenvalue weighted by Crippen LogP contribution is 2.52. The molecule has 8 nitrogen and oxygen atoms in total. The van der Waals surface area contributed by atoms with Gasteiger partial charge in [-0.05, 0) is 63.8 Å². The van der Waals surface area contributed by atoms with Crippen LogP contribution in [0, 0.1) is 17.7 Å². The summed E-state index contributed by atoms with van der Waals surface area (Å²) < 4.78 is 61.7. The van der Waals surface area contributed by atoms with Crippen LogP contribution in [0.1, 0.15) is 75.7 Å². The number of fused-ring (bicyclic) bond motifs is 1. The van der Waals surface area contributed by atoms with E-state index < -0.39 is 58.4 Å². The summed E-state index contributed by atoms with van der Waals surface area (Å²) in [4.78, 5) is 36.8. The van der Waals surface area contributed by atoms with Crippen molar-refractivity contribution in [2.45, 2.75) is 76.4 Å². The maximum Gasteiger partial charge on any atom is 0.419 e. The van der Waals surface area contributed by atoms with Crippen molar-refractivity contribution in [3.8, 4) is 5.75 Å². The Labute approximate surface area is 229 Å². The zero-order chi connectivity index (χ0) is 29.2. The van der Waals surface area contributed by atoms with Crippen molar-refractivity contribution in [3.05, 3.63) is 59.2 Å². The molecule has 1 aliphatic carbocycles. The third kappa shape index (κ3) is 5.23. The van der Waals surface area contributed by atoms with Crippen LogP contribution in [0.2, 0.25) is 0 Å². The Bertz CT molecular complexity index is 1380. The van der Waals surface area contributed by atoms with Crippen LogP contribution in [0.4, 0.5) is 17.6 Å². The molecule has 0 bridgehead atoms. The van der Waals surface area contributed by atoms with Crippen molar-refractivity contribution in [1.82, 2.24) is 15.2 Å². The summed E-state index contributed by atoms with van der Waals surface area (Å²) in [5, 5.41) is 2.78. The smallest absolute Gasteiger partial charge is 0.419 e. The zero-order valence-corrected chi connectivity index (χ0v) is 22.6. The Kier molecular flexibility index (Phi) is 6.58. The Hall–Kier alpha value is -3.70. The molecule has 2 aliphatic heterocycles. The van der Waals surface area contributed by atoms with E-state index in [1.807, 2.05) is 0 Å². The van der Waals surface area contributed by atoms with E-state index in [1.54, 1.807) is 52.2 Å². The molecule has 3 N–H and O–H groups in total. The summed E-state index contributed by atoms with van der Waals surface area (Å²) in [5.41, 5.74) is 3.74. The van der Waals surface area contributed by atoms with E-state index in [0.29, 0.717) is 18.1 Å². The predicted molar refractivity (Wildman–Crippen MR) is 137 cm³/mol. The van der Waals surface area contributed by atoms with Crippen LogP contribution in [-0.2, 0) is 15.8 Å². The van der Waals surface area contributed by atoms with Gasteiger partial charge in [0.15, 0.2) is 5.96 Å². The number of alkyl halides is 3. The topological polar surface area (TPSA) is 110 Å². The monoisotopic (exact) mass is 561 g/mol. The summed E-state index contributed by atoms with van der Waals surface area (Å²) in [6, 6.07) is 3.22. The van der Waals surface area contributed by atoms with Gasteiger partial charge in [-0.25, -0.2) is 9.38 Å². The molecule has 1 unspecified atom stereocenters. The van der Waals surface area contributed by atoms with Gasteiger partial charge in [0.25, 0.3) is 0 Å². The third-order valence-electron chi connectivity index (χ3n) is 7.59. The number of ether oxygens (including phenoxy) is 1. The van der Waals surface area contributed by atoms with Gasteiger partial charge in [-0.15, -0.1) is 0 Å². The van der Waals surface area contributed by atoms with Gasteiger partial charge in [-0.1, -0.05) is 6.07 Å². The minimum Gasteiger partial charge on any atom is -0.487 e.